The fourth-order valence-corrected chi connectivity index (χ4v) is 5.41. The number of benzene rings is 2. The molecule has 0 amide bonds. The summed E-state index contributed by atoms with van der Waals surface area (Å²) in [6.45, 7) is 2.80. The fraction of sp³-hybridized carbons (Fsp3) is 0.348. The Morgan fingerprint density at radius 1 is 1.09 bits per heavy atom. The molecular weight excluding hydrogens is 444 g/mol. The van der Waals surface area contributed by atoms with E-state index in [-0.39, 0.29) is 11.5 Å². The molecule has 2 aromatic carbocycles. The second-order valence-corrected chi connectivity index (χ2v) is 10.7. The van der Waals surface area contributed by atoms with Crippen LogP contribution in [0, 0.1) is 0 Å². The molecule has 168 valence electrons. The number of Topliss-reactive ketones (excluding diaryl/α,β-unsaturated/α-hetero) is 1. The maximum absolute atomic E-state index is 12.8. The minimum absolute atomic E-state index is 0.0359. The maximum atomic E-state index is 12.8. The first-order chi connectivity index (χ1) is 15.4. The zero-order valence-corrected chi connectivity index (χ0v) is 19.8. The van der Waals surface area contributed by atoms with E-state index in [1.165, 1.54) is 27.9 Å². The summed E-state index contributed by atoms with van der Waals surface area (Å²) in [4.78, 5) is 12.8. The van der Waals surface area contributed by atoms with Crippen molar-refractivity contribution < 1.29 is 13.2 Å². The highest BCUT2D eigenvalue weighted by Gasteiger charge is 2.30. The second kappa shape index (κ2) is 9.46. The highest BCUT2D eigenvalue weighted by atomic mass is 32.2. The summed E-state index contributed by atoms with van der Waals surface area (Å²) in [5.41, 5.74) is 2.27. The lowest BCUT2D eigenvalue weighted by molar-refractivity contribution is 0.102. The third-order valence-electron chi connectivity index (χ3n) is 5.37. The number of hydrogen-bond donors (Lipinski definition) is 0. The highest BCUT2D eigenvalue weighted by Crippen LogP contribution is 2.40. The van der Waals surface area contributed by atoms with Crippen LogP contribution in [0.2, 0.25) is 0 Å². The van der Waals surface area contributed by atoms with Gasteiger partial charge in [0.2, 0.25) is 10.0 Å². The van der Waals surface area contributed by atoms with Crippen molar-refractivity contribution in [3.05, 3.63) is 71.5 Å². The Morgan fingerprint density at radius 2 is 1.78 bits per heavy atom. The van der Waals surface area contributed by atoms with Gasteiger partial charge in [-0.2, -0.15) is 0 Å². The van der Waals surface area contributed by atoms with Crippen LogP contribution in [0.5, 0.6) is 0 Å². The first kappa shape index (κ1) is 22.5. The molecule has 32 heavy (non-hydrogen) atoms. The van der Waals surface area contributed by atoms with E-state index in [1.807, 2.05) is 18.2 Å². The van der Waals surface area contributed by atoms with Gasteiger partial charge in [-0.05, 0) is 49.6 Å². The summed E-state index contributed by atoms with van der Waals surface area (Å²) in [5.74, 6) is 1.65. The minimum Gasteiger partial charge on any atom is -0.301 e. The average molecular weight is 471 g/mol. The largest absolute Gasteiger partial charge is 0.301 e. The van der Waals surface area contributed by atoms with Gasteiger partial charge in [0, 0.05) is 18.0 Å². The van der Waals surface area contributed by atoms with Crippen molar-refractivity contribution in [2.75, 3.05) is 22.9 Å². The van der Waals surface area contributed by atoms with Gasteiger partial charge in [0.25, 0.3) is 0 Å². The number of sulfonamides is 1. The van der Waals surface area contributed by atoms with Crippen LogP contribution in [0.4, 0.5) is 5.69 Å². The van der Waals surface area contributed by atoms with Gasteiger partial charge in [-0.3, -0.25) is 9.10 Å². The number of carbonyl (C=O) groups excluding carboxylic acids is 1. The summed E-state index contributed by atoms with van der Waals surface area (Å²) in [6, 6.07) is 16.9. The van der Waals surface area contributed by atoms with E-state index < -0.39 is 10.0 Å². The van der Waals surface area contributed by atoms with Gasteiger partial charge in [0.1, 0.15) is 5.82 Å². The van der Waals surface area contributed by atoms with Gasteiger partial charge < -0.3 is 4.57 Å². The van der Waals surface area contributed by atoms with Crippen molar-refractivity contribution in [2.45, 2.75) is 37.4 Å². The summed E-state index contributed by atoms with van der Waals surface area (Å²) >= 11 is 1.39. The summed E-state index contributed by atoms with van der Waals surface area (Å²) < 4.78 is 27.2. The SMILES string of the molecule is CCN(c1ccc(C(=O)CSc2nnc(C3CC3)n2Cc2ccccc2)cc1)S(C)(=O)=O. The third kappa shape index (κ3) is 5.21. The van der Waals surface area contributed by atoms with Crippen LogP contribution in [-0.4, -0.2) is 47.5 Å². The molecule has 0 aliphatic heterocycles. The van der Waals surface area contributed by atoms with Gasteiger partial charge in [0.15, 0.2) is 10.9 Å². The fourth-order valence-electron chi connectivity index (χ4n) is 3.60. The molecule has 0 atom stereocenters. The first-order valence-electron chi connectivity index (χ1n) is 10.6. The molecule has 1 heterocycles. The van der Waals surface area contributed by atoms with E-state index in [0.717, 1.165) is 23.8 Å². The van der Waals surface area contributed by atoms with E-state index in [9.17, 15) is 13.2 Å². The molecule has 0 bridgehead atoms. The van der Waals surface area contributed by atoms with E-state index in [1.54, 1.807) is 31.2 Å². The molecule has 4 rings (SSSR count). The number of ketones is 1. The number of hydrogen-bond acceptors (Lipinski definition) is 6. The molecule has 0 unspecified atom stereocenters. The number of rotatable bonds is 10. The minimum atomic E-state index is -3.35. The zero-order valence-electron chi connectivity index (χ0n) is 18.1. The lowest BCUT2D eigenvalue weighted by Gasteiger charge is -2.20. The van der Waals surface area contributed by atoms with E-state index in [0.29, 0.717) is 30.3 Å². The van der Waals surface area contributed by atoms with Crippen LogP contribution < -0.4 is 4.31 Å². The number of anilines is 1. The molecule has 1 fully saturated rings. The molecular formula is C23H26N4O3S2. The number of nitrogens with zero attached hydrogens (tertiary/aromatic N) is 4. The van der Waals surface area contributed by atoms with Gasteiger partial charge in [0.05, 0.1) is 24.2 Å². The Morgan fingerprint density at radius 3 is 2.38 bits per heavy atom. The molecule has 0 spiro atoms. The van der Waals surface area contributed by atoms with Gasteiger partial charge in [-0.25, -0.2) is 8.42 Å². The quantitative estimate of drug-likeness (QED) is 0.329. The molecule has 1 aromatic heterocycles. The second-order valence-electron chi connectivity index (χ2n) is 7.87. The van der Waals surface area contributed by atoms with Gasteiger partial charge >= 0.3 is 0 Å². The predicted octanol–water partition coefficient (Wildman–Crippen LogP) is 3.96. The summed E-state index contributed by atoms with van der Waals surface area (Å²) in [5, 5.41) is 9.52. The third-order valence-corrected chi connectivity index (χ3v) is 7.61. The number of thioether (sulfide) groups is 1. The summed E-state index contributed by atoms with van der Waals surface area (Å²) in [6.07, 6.45) is 3.43. The van der Waals surface area contributed by atoms with Gasteiger partial charge in [-0.1, -0.05) is 42.1 Å². The predicted molar refractivity (Wildman–Crippen MR) is 127 cm³/mol. The topological polar surface area (TPSA) is 85.2 Å². The van der Waals surface area contributed by atoms with Crippen LogP contribution in [-0.2, 0) is 16.6 Å². The van der Waals surface area contributed by atoms with Crippen molar-refractivity contribution in [1.82, 2.24) is 14.8 Å². The molecule has 1 aliphatic rings. The molecule has 7 nitrogen and oxygen atoms in total. The zero-order chi connectivity index (χ0) is 22.7. The van der Waals surface area contributed by atoms with Crippen molar-refractivity contribution in [3.63, 3.8) is 0 Å². The Balaban J connectivity index is 1.46. The maximum Gasteiger partial charge on any atom is 0.232 e. The van der Waals surface area contributed by atoms with Crippen LogP contribution in [0.1, 0.15) is 47.4 Å². The molecule has 0 N–H and O–H groups in total. The first-order valence-corrected chi connectivity index (χ1v) is 13.4. The molecule has 0 radical (unpaired) electrons. The monoisotopic (exact) mass is 470 g/mol. The van der Waals surface area contributed by atoms with E-state index in [2.05, 4.69) is 26.9 Å². The molecule has 0 saturated heterocycles. The highest BCUT2D eigenvalue weighted by molar-refractivity contribution is 7.99. The standard InChI is InChI=1S/C23H26N4O3S2/c1-3-27(32(2,29)30)20-13-11-18(12-14-20)21(28)16-31-23-25-24-22(19-9-10-19)26(23)15-17-7-5-4-6-8-17/h4-8,11-14,19H,3,9-10,15-16H2,1-2H3. The number of carbonyl (C=O) groups is 1. The van der Waals surface area contributed by atoms with Crippen molar-refractivity contribution >= 4 is 33.3 Å². The summed E-state index contributed by atoms with van der Waals surface area (Å²) in [7, 11) is -3.35. The Bertz CT molecular complexity index is 1190. The van der Waals surface area contributed by atoms with E-state index in [4.69, 9.17) is 0 Å². The van der Waals surface area contributed by atoms with Crippen molar-refractivity contribution in [2.24, 2.45) is 0 Å². The van der Waals surface area contributed by atoms with Crippen LogP contribution in [0.25, 0.3) is 0 Å². The molecule has 9 heteroatoms. The van der Waals surface area contributed by atoms with E-state index >= 15 is 0 Å². The molecule has 1 aliphatic carbocycles. The van der Waals surface area contributed by atoms with Crippen LogP contribution in [0.15, 0.2) is 59.8 Å². The van der Waals surface area contributed by atoms with Crippen molar-refractivity contribution in [3.8, 4) is 0 Å². The van der Waals surface area contributed by atoms with Gasteiger partial charge in [-0.15, -0.1) is 10.2 Å². The Kier molecular flexibility index (Phi) is 6.66. The van der Waals surface area contributed by atoms with Crippen LogP contribution >= 0.6 is 11.8 Å². The molecule has 3 aromatic rings. The number of aromatic nitrogens is 3. The normalized spacial score (nSPS) is 13.8. The smallest absolute Gasteiger partial charge is 0.232 e. The lowest BCUT2D eigenvalue weighted by Crippen LogP contribution is -2.29. The lowest BCUT2D eigenvalue weighted by atomic mass is 10.1. The molecule has 1 saturated carbocycles. The van der Waals surface area contributed by atoms with Crippen LogP contribution in [0.3, 0.4) is 0 Å². The average Bonchev–Trinajstić information content (AvgIpc) is 3.54. The Labute approximate surface area is 192 Å². The Hall–Kier alpha value is -2.65. The van der Waals surface area contributed by atoms with Crippen molar-refractivity contribution in [1.29, 1.82) is 0 Å².